The highest BCUT2D eigenvalue weighted by molar-refractivity contribution is 8.93. The largest absolute Gasteiger partial charge is 0.491 e. The minimum Gasteiger partial charge on any atom is -0.491 e. The average molecular weight is 635 g/mol. The fourth-order valence-electron chi connectivity index (χ4n) is 4.66. The fraction of sp³-hybridized carbons (Fsp3) is 0.483. The number of aliphatic carboxylic acids is 1. The van der Waals surface area contributed by atoms with E-state index in [-0.39, 0.29) is 47.4 Å². The number of benzene rings is 1. The second-order valence-corrected chi connectivity index (χ2v) is 10.5. The Hall–Kier alpha value is -3.67. The second-order valence-electron chi connectivity index (χ2n) is 10.5. The number of aromatic nitrogens is 1. The molecule has 3 rings (SSSR count). The van der Waals surface area contributed by atoms with Gasteiger partial charge in [0.15, 0.2) is 23.8 Å². The van der Waals surface area contributed by atoms with Crippen molar-refractivity contribution in [3.63, 3.8) is 0 Å². The number of carboxylic acids is 1. The number of carbonyl (C=O) groups excluding carboxylic acids is 2. The molecule has 1 aliphatic heterocycles. The van der Waals surface area contributed by atoms with Crippen molar-refractivity contribution in [3.8, 4) is 11.5 Å². The maximum absolute atomic E-state index is 13.7. The van der Waals surface area contributed by atoms with Crippen molar-refractivity contribution in [2.75, 3.05) is 44.8 Å². The minimum atomic E-state index is -1.08. The first-order valence-electron chi connectivity index (χ1n) is 13.4. The third-order valence-electron chi connectivity index (χ3n) is 6.69. The van der Waals surface area contributed by atoms with Gasteiger partial charge in [0.25, 0.3) is 5.91 Å². The Morgan fingerprint density at radius 1 is 1.12 bits per heavy atom. The molecule has 0 spiro atoms. The van der Waals surface area contributed by atoms with E-state index in [1.165, 1.54) is 7.05 Å². The fourth-order valence-corrected chi connectivity index (χ4v) is 4.66. The van der Waals surface area contributed by atoms with Gasteiger partial charge in [0.05, 0.1) is 18.8 Å². The number of Topliss-reactive ketones (excluding diaryl/α,β-unsaturated/α-hetero) is 1. The molecule has 2 aromatic rings. The summed E-state index contributed by atoms with van der Waals surface area (Å²) in [4.78, 5) is 45.5. The number of ketones is 1. The highest BCUT2D eigenvalue weighted by atomic mass is 79.9. The summed E-state index contributed by atoms with van der Waals surface area (Å²) < 4.78 is 11.4. The summed E-state index contributed by atoms with van der Waals surface area (Å²) in [7, 11) is 1.50. The van der Waals surface area contributed by atoms with E-state index in [4.69, 9.17) is 14.9 Å². The number of pyridine rings is 1. The van der Waals surface area contributed by atoms with Crippen molar-refractivity contribution in [2.45, 2.75) is 53.5 Å². The number of amides is 1. The Balaban J connectivity index is 0.00000588. The zero-order chi connectivity index (χ0) is 29.8. The molecular formula is C29H40BrN5O6. The maximum Gasteiger partial charge on any atom is 0.341 e. The van der Waals surface area contributed by atoms with Crippen molar-refractivity contribution in [1.82, 2.24) is 15.2 Å². The number of halogens is 1. The van der Waals surface area contributed by atoms with Gasteiger partial charge < -0.3 is 29.7 Å². The average Bonchev–Trinajstić information content (AvgIpc) is 3.20. The monoisotopic (exact) mass is 633 g/mol. The number of fused-ring (bicyclic) bond motifs is 1. The van der Waals surface area contributed by atoms with E-state index in [2.05, 4.69) is 10.3 Å². The lowest BCUT2D eigenvalue weighted by molar-refractivity contribution is -0.139. The molecule has 12 heteroatoms. The number of rotatable bonds is 12. The van der Waals surface area contributed by atoms with Gasteiger partial charge in [-0.1, -0.05) is 20.8 Å². The van der Waals surface area contributed by atoms with Gasteiger partial charge in [0, 0.05) is 43.4 Å². The zero-order valence-corrected chi connectivity index (χ0v) is 26.4. The van der Waals surface area contributed by atoms with Gasteiger partial charge in [-0.15, -0.1) is 17.0 Å². The van der Waals surface area contributed by atoms with E-state index in [0.717, 1.165) is 5.56 Å². The Morgan fingerprint density at radius 2 is 1.78 bits per heavy atom. The maximum atomic E-state index is 13.7. The quantitative estimate of drug-likeness (QED) is 0.295. The van der Waals surface area contributed by atoms with E-state index in [0.29, 0.717) is 53.7 Å². The van der Waals surface area contributed by atoms with Gasteiger partial charge in [0.1, 0.15) is 17.3 Å². The van der Waals surface area contributed by atoms with Crippen LogP contribution in [0.3, 0.4) is 0 Å². The minimum absolute atomic E-state index is 0. The summed E-state index contributed by atoms with van der Waals surface area (Å²) in [5.41, 5.74) is 2.50. The predicted octanol–water partition coefficient (Wildman–Crippen LogP) is 4.05. The second kappa shape index (κ2) is 13.8. The van der Waals surface area contributed by atoms with Crippen molar-refractivity contribution in [3.05, 3.63) is 46.3 Å². The summed E-state index contributed by atoms with van der Waals surface area (Å²) in [6.45, 7) is 13.0. The van der Waals surface area contributed by atoms with Gasteiger partial charge in [-0.2, -0.15) is 0 Å². The van der Waals surface area contributed by atoms with Gasteiger partial charge in [-0.3, -0.25) is 15.0 Å². The lowest BCUT2D eigenvalue weighted by atomic mass is 9.84. The van der Waals surface area contributed by atoms with Gasteiger partial charge >= 0.3 is 5.97 Å². The highest BCUT2D eigenvalue weighted by Gasteiger charge is 2.32. The zero-order valence-electron chi connectivity index (χ0n) is 24.7. The predicted molar refractivity (Wildman–Crippen MR) is 163 cm³/mol. The summed E-state index contributed by atoms with van der Waals surface area (Å²) >= 11 is 0. The Bertz CT molecular complexity index is 1320. The molecule has 0 aliphatic carbocycles. The van der Waals surface area contributed by atoms with Crippen molar-refractivity contribution >= 4 is 46.2 Å². The molecule has 0 radical (unpaired) electrons. The number of nitrogens with zero attached hydrogens (tertiary/aromatic N) is 3. The third kappa shape index (κ3) is 7.35. The van der Waals surface area contributed by atoms with Crippen molar-refractivity contribution < 1.29 is 29.0 Å². The molecular weight excluding hydrogens is 594 g/mol. The van der Waals surface area contributed by atoms with Crippen LogP contribution in [0.1, 0.15) is 79.2 Å². The summed E-state index contributed by atoms with van der Waals surface area (Å²) in [6.07, 6.45) is 0. The molecule has 0 unspecified atom stereocenters. The Morgan fingerprint density at radius 3 is 2.32 bits per heavy atom. The SMILES string of the molecule is Br.CCOc1cc2c(nc1C(=O)NC)C(=N)N(CC(=O)c1cc(N(CC)CC)c(OCC(=O)O)c(C(C)(C)C)c1)C2. The van der Waals surface area contributed by atoms with Crippen LogP contribution in [0.4, 0.5) is 5.69 Å². The number of anilines is 1. The smallest absolute Gasteiger partial charge is 0.341 e. The first-order valence-corrected chi connectivity index (χ1v) is 13.4. The Kier molecular flexibility index (Phi) is 11.3. The molecule has 0 fully saturated rings. The number of nitrogens with one attached hydrogen (secondary N) is 2. The molecule has 41 heavy (non-hydrogen) atoms. The third-order valence-corrected chi connectivity index (χ3v) is 6.69. The van der Waals surface area contributed by atoms with E-state index in [1.54, 1.807) is 23.1 Å². The first kappa shape index (κ1) is 33.5. The number of ether oxygens (including phenoxy) is 2. The topological polar surface area (TPSA) is 145 Å². The summed E-state index contributed by atoms with van der Waals surface area (Å²) in [6, 6.07) is 5.21. The van der Waals surface area contributed by atoms with E-state index >= 15 is 0 Å². The van der Waals surface area contributed by atoms with Crippen molar-refractivity contribution in [1.29, 1.82) is 5.41 Å². The van der Waals surface area contributed by atoms with E-state index in [1.807, 2.05) is 46.4 Å². The first-order chi connectivity index (χ1) is 18.9. The number of carboxylic acid groups (broad SMARTS) is 1. The highest BCUT2D eigenvalue weighted by Crippen LogP contribution is 2.41. The molecule has 3 N–H and O–H groups in total. The molecule has 0 saturated heterocycles. The van der Waals surface area contributed by atoms with Crippen LogP contribution in [0.2, 0.25) is 0 Å². The van der Waals surface area contributed by atoms with Gasteiger partial charge in [0.2, 0.25) is 0 Å². The number of hydrogen-bond donors (Lipinski definition) is 3. The summed E-state index contributed by atoms with van der Waals surface area (Å²) in [5.74, 6) is -0.880. The standard InChI is InChI=1S/C29H39N5O6.BrH/c1-8-33(9-2)20-12-17(11-19(29(4,5)6)26(20)40-16-23(36)37)21(35)15-34-14-18-13-22(39-10-3)25(28(38)31-7)32-24(18)27(34)30;/h11-13,30H,8-10,14-16H2,1-7H3,(H,31,38)(H,36,37);1H. The normalized spacial score (nSPS) is 12.4. The van der Waals surface area contributed by atoms with Crippen LogP contribution in [0, 0.1) is 5.41 Å². The Labute approximate surface area is 251 Å². The molecule has 0 bridgehead atoms. The van der Waals surface area contributed by atoms with Crippen LogP contribution in [0.15, 0.2) is 18.2 Å². The molecule has 224 valence electrons. The van der Waals surface area contributed by atoms with Crippen LogP contribution in [0.5, 0.6) is 11.5 Å². The van der Waals surface area contributed by atoms with E-state index in [9.17, 15) is 19.5 Å². The molecule has 11 nitrogen and oxygen atoms in total. The number of amidine groups is 1. The lowest BCUT2D eigenvalue weighted by Crippen LogP contribution is -2.31. The van der Waals surface area contributed by atoms with Crippen LogP contribution in [-0.4, -0.2) is 78.4 Å². The molecule has 1 aliphatic rings. The van der Waals surface area contributed by atoms with Gasteiger partial charge in [-0.05, 0) is 44.4 Å². The number of carbonyl (C=O) groups is 3. The molecule has 2 heterocycles. The van der Waals surface area contributed by atoms with Crippen LogP contribution < -0.4 is 19.7 Å². The molecule has 0 saturated carbocycles. The summed E-state index contributed by atoms with van der Waals surface area (Å²) in [5, 5.41) is 20.5. The molecule has 0 atom stereocenters. The van der Waals surface area contributed by atoms with Crippen LogP contribution in [0.25, 0.3) is 0 Å². The number of hydrogen-bond acceptors (Lipinski definition) is 8. The van der Waals surface area contributed by atoms with Crippen LogP contribution >= 0.6 is 17.0 Å². The van der Waals surface area contributed by atoms with Crippen molar-refractivity contribution in [2.24, 2.45) is 0 Å². The molecule has 1 aromatic carbocycles. The van der Waals surface area contributed by atoms with Crippen LogP contribution in [-0.2, 0) is 16.8 Å². The molecule has 1 amide bonds. The van der Waals surface area contributed by atoms with E-state index < -0.39 is 23.9 Å². The lowest BCUT2D eigenvalue weighted by Gasteiger charge is -2.30. The molecule has 1 aromatic heterocycles. The van der Waals surface area contributed by atoms with Gasteiger partial charge in [-0.25, -0.2) is 9.78 Å².